The number of benzene rings is 2. The van der Waals surface area contributed by atoms with E-state index in [9.17, 15) is 18.0 Å². The van der Waals surface area contributed by atoms with E-state index < -0.39 is 17.6 Å². The first-order valence-electron chi connectivity index (χ1n) is 7.08. The average molecular weight is 322 g/mol. The number of carbonyl (C=O) groups is 1. The van der Waals surface area contributed by atoms with Crippen molar-refractivity contribution in [3.63, 3.8) is 0 Å². The van der Waals surface area contributed by atoms with Crippen LogP contribution in [0.1, 0.15) is 16.7 Å². The second-order valence-corrected chi connectivity index (χ2v) is 5.18. The van der Waals surface area contributed by atoms with Gasteiger partial charge < -0.3 is 10.6 Å². The van der Waals surface area contributed by atoms with Gasteiger partial charge in [0, 0.05) is 6.54 Å². The number of hydrogen-bond donors (Lipinski definition) is 2. The van der Waals surface area contributed by atoms with Crippen LogP contribution in [0.3, 0.4) is 0 Å². The van der Waals surface area contributed by atoms with Crippen molar-refractivity contribution in [2.75, 3.05) is 11.9 Å². The summed E-state index contributed by atoms with van der Waals surface area (Å²) in [7, 11) is 0. The van der Waals surface area contributed by atoms with Crippen LogP contribution in [0.2, 0.25) is 0 Å². The maximum Gasteiger partial charge on any atom is 0.418 e. The number of rotatable bonds is 5. The quantitative estimate of drug-likeness (QED) is 0.880. The lowest BCUT2D eigenvalue weighted by molar-refractivity contribution is -0.137. The van der Waals surface area contributed by atoms with Crippen molar-refractivity contribution in [3.05, 3.63) is 65.2 Å². The third kappa shape index (κ3) is 5.10. The van der Waals surface area contributed by atoms with E-state index in [0.29, 0.717) is 6.54 Å². The van der Waals surface area contributed by atoms with Crippen LogP contribution in [0.4, 0.5) is 18.9 Å². The molecule has 23 heavy (non-hydrogen) atoms. The molecular formula is C17H17F3N2O. The van der Waals surface area contributed by atoms with Crippen LogP contribution in [-0.4, -0.2) is 12.5 Å². The van der Waals surface area contributed by atoms with E-state index in [1.165, 1.54) is 18.2 Å². The van der Waals surface area contributed by atoms with Gasteiger partial charge in [-0.25, -0.2) is 0 Å². The monoisotopic (exact) mass is 322 g/mol. The number of halogens is 3. The Morgan fingerprint density at radius 3 is 2.35 bits per heavy atom. The summed E-state index contributed by atoms with van der Waals surface area (Å²) in [5.74, 6) is -0.520. The second-order valence-electron chi connectivity index (χ2n) is 5.18. The zero-order valence-electron chi connectivity index (χ0n) is 12.6. The van der Waals surface area contributed by atoms with Crippen molar-refractivity contribution in [2.45, 2.75) is 19.6 Å². The van der Waals surface area contributed by atoms with Gasteiger partial charge >= 0.3 is 6.18 Å². The minimum absolute atomic E-state index is 0.0694. The van der Waals surface area contributed by atoms with Gasteiger partial charge in [-0.05, 0) is 24.6 Å². The highest BCUT2D eigenvalue weighted by molar-refractivity contribution is 5.93. The van der Waals surface area contributed by atoms with E-state index in [4.69, 9.17) is 0 Å². The van der Waals surface area contributed by atoms with E-state index in [2.05, 4.69) is 10.6 Å². The minimum atomic E-state index is -4.50. The minimum Gasteiger partial charge on any atom is -0.324 e. The third-order valence-electron chi connectivity index (χ3n) is 3.24. The van der Waals surface area contributed by atoms with Crippen LogP contribution in [0.25, 0.3) is 0 Å². The Hall–Kier alpha value is -2.34. The molecule has 0 heterocycles. The highest BCUT2D eigenvalue weighted by atomic mass is 19.4. The fourth-order valence-corrected chi connectivity index (χ4v) is 2.06. The average Bonchev–Trinajstić information content (AvgIpc) is 2.49. The van der Waals surface area contributed by atoms with Gasteiger partial charge in [0.2, 0.25) is 5.91 Å². The molecule has 2 aromatic carbocycles. The number of amides is 1. The highest BCUT2D eigenvalue weighted by Gasteiger charge is 2.33. The maximum atomic E-state index is 12.8. The lowest BCUT2D eigenvalue weighted by Gasteiger charge is -2.13. The molecule has 0 saturated heterocycles. The molecule has 1 amide bonds. The van der Waals surface area contributed by atoms with Crippen LogP contribution in [0, 0.1) is 6.92 Å². The summed E-state index contributed by atoms with van der Waals surface area (Å²) >= 11 is 0. The van der Waals surface area contributed by atoms with Crippen LogP contribution >= 0.6 is 0 Å². The summed E-state index contributed by atoms with van der Waals surface area (Å²) in [6.45, 7) is 2.37. The third-order valence-corrected chi connectivity index (χ3v) is 3.24. The molecule has 0 saturated carbocycles. The molecule has 0 bridgehead atoms. The second kappa shape index (κ2) is 7.28. The molecule has 2 aromatic rings. The van der Waals surface area contributed by atoms with Gasteiger partial charge in [0.1, 0.15) is 0 Å². The van der Waals surface area contributed by atoms with Crippen LogP contribution in [-0.2, 0) is 17.5 Å². The largest absolute Gasteiger partial charge is 0.418 e. The number of anilines is 1. The molecule has 0 spiro atoms. The molecule has 0 aliphatic heterocycles. The molecule has 6 heteroatoms. The molecule has 0 radical (unpaired) electrons. The van der Waals surface area contributed by atoms with Crippen molar-refractivity contribution < 1.29 is 18.0 Å². The van der Waals surface area contributed by atoms with E-state index in [-0.39, 0.29) is 12.2 Å². The van der Waals surface area contributed by atoms with Gasteiger partial charge in [-0.2, -0.15) is 13.2 Å². The first-order valence-corrected chi connectivity index (χ1v) is 7.08. The van der Waals surface area contributed by atoms with E-state index in [0.717, 1.165) is 17.2 Å². The van der Waals surface area contributed by atoms with Crippen LogP contribution in [0.15, 0.2) is 48.5 Å². The summed E-state index contributed by atoms with van der Waals surface area (Å²) in [6.07, 6.45) is -4.50. The predicted octanol–water partition coefficient (Wildman–Crippen LogP) is 3.74. The molecule has 122 valence electrons. The standard InChI is InChI=1S/C17H17F3N2O/c1-12-6-8-13(9-7-12)10-21-11-16(23)22-15-5-3-2-4-14(15)17(18,19)20/h2-9,21H,10-11H2,1H3,(H,22,23). The zero-order chi connectivity index (χ0) is 16.9. The van der Waals surface area contributed by atoms with Gasteiger partial charge in [-0.3, -0.25) is 4.79 Å². The van der Waals surface area contributed by atoms with Crippen molar-refractivity contribution in [2.24, 2.45) is 0 Å². The Kier molecular flexibility index (Phi) is 5.39. The maximum absolute atomic E-state index is 12.8. The van der Waals surface area contributed by atoms with Gasteiger partial charge in [-0.1, -0.05) is 42.0 Å². The number of alkyl halides is 3. The van der Waals surface area contributed by atoms with Crippen LogP contribution in [0.5, 0.6) is 0 Å². The Morgan fingerprint density at radius 1 is 1.04 bits per heavy atom. The number of para-hydroxylation sites is 1. The molecular weight excluding hydrogens is 305 g/mol. The smallest absolute Gasteiger partial charge is 0.324 e. The SMILES string of the molecule is Cc1ccc(CNCC(=O)Nc2ccccc2C(F)(F)F)cc1. The first-order chi connectivity index (χ1) is 10.9. The Labute approximate surface area is 132 Å². The van der Waals surface area contributed by atoms with Crippen molar-refractivity contribution >= 4 is 11.6 Å². The topological polar surface area (TPSA) is 41.1 Å². The molecule has 0 aliphatic rings. The molecule has 3 nitrogen and oxygen atoms in total. The van der Waals surface area contributed by atoms with Crippen molar-refractivity contribution in [1.82, 2.24) is 5.32 Å². The molecule has 2 N–H and O–H groups in total. The fourth-order valence-electron chi connectivity index (χ4n) is 2.06. The van der Waals surface area contributed by atoms with E-state index >= 15 is 0 Å². The van der Waals surface area contributed by atoms with Gasteiger partial charge in [-0.15, -0.1) is 0 Å². The fraction of sp³-hybridized carbons (Fsp3) is 0.235. The summed E-state index contributed by atoms with van der Waals surface area (Å²) in [4.78, 5) is 11.8. The summed E-state index contributed by atoms with van der Waals surface area (Å²) in [6, 6.07) is 12.7. The molecule has 0 unspecified atom stereocenters. The summed E-state index contributed by atoms with van der Waals surface area (Å²) < 4.78 is 38.5. The Balaban J connectivity index is 1.89. The number of aryl methyl sites for hydroxylation is 1. The zero-order valence-corrected chi connectivity index (χ0v) is 12.6. The highest BCUT2D eigenvalue weighted by Crippen LogP contribution is 2.34. The predicted molar refractivity (Wildman–Crippen MR) is 83.0 cm³/mol. The van der Waals surface area contributed by atoms with Crippen molar-refractivity contribution in [1.29, 1.82) is 0 Å². The van der Waals surface area contributed by atoms with Gasteiger partial charge in [0.05, 0.1) is 17.8 Å². The summed E-state index contributed by atoms with van der Waals surface area (Å²) in [5.41, 5.74) is 1.04. The Bertz CT molecular complexity index is 666. The first kappa shape index (κ1) is 17.0. The lowest BCUT2D eigenvalue weighted by Crippen LogP contribution is -2.28. The van der Waals surface area contributed by atoms with Crippen molar-refractivity contribution in [3.8, 4) is 0 Å². The van der Waals surface area contributed by atoms with Crippen LogP contribution < -0.4 is 10.6 Å². The number of nitrogens with one attached hydrogen (secondary N) is 2. The lowest BCUT2D eigenvalue weighted by atomic mass is 10.1. The number of carbonyl (C=O) groups excluding carboxylic acids is 1. The molecule has 2 rings (SSSR count). The Morgan fingerprint density at radius 2 is 1.70 bits per heavy atom. The molecule has 0 aliphatic carbocycles. The van der Waals surface area contributed by atoms with Gasteiger partial charge in [0.25, 0.3) is 0 Å². The van der Waals surface area contributed by atoms with Gasteiger partial charge in [0.15, 0.2) is 0 Å². The molecule has 0 atom stereocenters. The normalized spacial score (nSPS) is 11.3. The van der Waals surface area contributed by atoms with E-state index in [1.807, 2.05) is 31.2 Å². The summed E-state index contributed by atoms with van der Waals surface area (Å²) in [5, 5.41) is 5.20. The number of hydrogen-bond acceptors (Lipinski definition) is 2. The van der Waals surface area contributed by atoms with E-state index in [1.54, 1.807) is 0 Å². The molecule has 0 aromatic heterocycles. The molecule has 0 fully saturated rings.